The molecule has 1 fully saturated rings. The topological polar surface area (TPSA) is 62.2 Å². The molecular formula is C14H18N2O2. The lowest BCUT2D eigenvalue weighted by atomic mass is 9.99. The van der Waals surface area contributed by atoms with Crippen LogP contribution in [0.4, 0.5) is 0 Å². The Bertz CT molecular complexity index is 423. The number of carbonyl (C=O) groups excluding carboxylic acids is 1. The maximum absolute atomic E-state index is 11.8. The third kappa shape index (κ3) is 3.17. The quantitative estimate of drug-likeness (QED) is 0.792. The van der Waals surface area contributed by atoms with Crippen LogP contribution in [0.2, 0.25) is 0 Å². The van der Waals surface area contributed by atoms with Crippen LogP contribution in [-0.4, -0.2) is 28.1 Å². The van der Waals surface area contributed by atoms with Crippen molar-refractivity contribution < 1.29 is 9.90 Å². The molecule has 0 spiro atoms. The third-order valence-electron chi connectivity index (χ3n) is 3.36. The summed E-state index contributed by atoms with van der Waals surface area (Å²) in [7, 11) is 0. The molecule has 0 unspecified atom stereocenters. The monoisotopic (exact) mass is 246 g/mol. The first-order valence-corrected chi connectivity index (χ1v) is 6.25. The molecule has 4 heteroatoms. The van der Waals surface area contributed by atoms with E-state index >= 15 is 0 Å². The van der Waals surface area contributed by atoms with Crippen molar-refractivity contribution in [3.8, 4) is 0 Å². The lowest BCUT2D eigenvalue weighted by molar-refractivity contribution is -0.118. The van der Waals surface area contributed by atoms with Crippen LogP contribution in [0.1, 0.15) is 31.2 Å². The first-order chi connectivity index (χ1) is 8.74. The van der Waals surface area contributed by atoms with Gasteiger partial charge in [0, 0.05) is 18.5 Å². The van der Waals surface area contributed by atoms with Crippen LogP contribution in [-0.2, 0) is 4.79 Å². The van der Waals surface area contributed by atoms with Crippen LogP contribution >= 0.6 is 0 Å². The number of pyridine rings is 1. The number of rotatable bonds is 4. The van der Waals surface area contributed by atoms with Gasteiger partial charge in [-0.1, -0.05) is 18.9 Å². The SMILES string of the molecule is O=C(C=Cc1cccnc1)NC1(CO)CCCC1. The van der Waals surface area contributed by atoms with E-state index in [4.69, 9.17) is 0 Å². The molecule has 2 rings (SSSR count). The van der Waals surface area contributed by atoms with E-state index in [1.807, 2.05) is 12.1 Å². The Kier molecular flexibility index (Phi) is 4.10. The van der Waals surface area contributed by atoms with Crippen molar-refractivity contribution in [3.63, 3.8) is 0 Å². The third-order valence-corrected chi connectivity index (χ3v) is 3.36. The molecule has 1 heterocycles. The fraction of sp³-hybridized carbons (Fsp3) is 0.429. The number of nitrogens with zero attached hydrogens (tertiary/aromatic N) is 1. The number of hydrogen-bond donors (Lipinski definition) is 2. The summed E-state index contributed by atoms with van der Waals surface area (Å²) in [5.41, 5.74) is 0.480. The van der Waals surface area contributed by atoms with Crippen LogP contribution in [0.5, 0.6) is 0 Å². The van der Waals surface area contributed by atoms with Gasteiger partial charge in [0.25, 0.3) is 0 Å². The van der Waals surface area contributed by atoms with Crippen molar-refractivity contribution in [2.45, 2.75) is 31.2 Å². The van der Waals surface area contributed by atoms with Crippen molar-refractivity contribution in [1.82, 2.24) is 10.3 Å². The van der Waals surface area contributed by atoms with Gasteiger partial charge in [-0.05, 0) is 30.5 Å². The molecule has 1 aliphatic carbocycles. The Morgan fingerprint density at radius 1 is 1.50 bits per heavy atom. The van der Waals surface area contributed by atoms with Crippen LogP contribution in [0.25, 0.3) is 6.08 Å². The van der Waals surface area contributed by atoms with Crippen molar-refractivity contribution in [3.05, 3.63) is 36.2 Å². The Morgan fingerprint density at radius 3 is 2.89 bits per heavy atom. The molecular weight excluding hydrogens is 228 g/mol. The molecule has 0 saturated heterocycles. The molecule has 0 aliphatic heterocycles. The van der Waals surface area contributed by atoms with Crippen molar-refractivity contribution >= 4 is 12.0 Å². The van der Waals surface area contributed by atoms with Gasteiger partial charge >= 0.3 is 0 Å². The van der Waals surface area contributed by atoms with Gasteiger partial charge in [-0.2, -0.15) is 0 Å². The first-order valence-electron chi connectivity index (χ1n) is 6.25. The Labute approximate surface area is 107 Å². The van der Waals surface area contributed by atoms with Gasteiger partial charge < -0.3 is 10.4 Å². The van der Waals surface area contributed by atoms with Gasteiger partial charge in [-0.3, -0.25) is 9.78 Å². The smallest absolute Gasteiger partial charge is 0.244 e. The maximum atomic E-state index is 11.8. The highest BCUT2D eigenvalue weighted by Gasteiger charge is 2.33. The summed E-state index contributed by atoms with van der Waals surface area (Å²) in [5, 5.41) is 12.3. The molecule has 1 aliphatic rings. The van der Waals surface area contributed by atoms with Gasteiger partial charge in [0.1, 0.15) is 0 Å². The maximum Gasteiger partial charge on any atom is 0.244 e. The molecule has 0 radical (unpaired) electrons. The highest BCUT2D eigenvalue weighted by molar-refractivity contribution is 5.92. The van der Waals surface area contributed by atoms with E-state index in [-0.39, 0.29) is 12.5 Å². The van der Waals surface area contributed by atoms with E-state index in [1.165, 1.54) is 6.08 Å². The minimum atomic E-state index is -0.406. The zero-order valence-corrected chi connectivity index (χ0v) is 10.3. The predicted octanol–water partition coefficient (Wildman–Crippen LogP) is 1.52. The van der Waals surface area contributed by atoms with E-state index in [9.17, 15) is 9.90 Å². The molecule has 96 valence electrons. The normalized spacial score (nSPS) is 18.1. The number of aliphatic hydroxyl groups excluding tert-OH is 1. The molecule has 1 amide bonds. The molecule has 2 N–H and O–H groups in total. The van der Waals surface area contributed by atoms with E-state index in [0.717, 1.165) is 31.2 Å². The number of hydrogen-bond acceptors (Lipinski definition) is 3. The van der Waals surface area contributed by atoms with Crippen LogP contribution in [0.15, 0.2) is 30.6 Å². The van der Waals surface area contributed by atoms with Gasteiger partial charge in [-0.25, -0.2) is 0 Å². The zero-order chi connectivity index (χ0) is 12.8. The number of aromatic nitrogens is 1. The van der Waals surface area contributed by atoms with E-state index < -0.39 is 5.54 Å². The van der Waals surface area contributed by atoms with Crippen LogP contribution in [0, 0.1) is 0 Å². The van der Waals surface area contributed by atoms with Crippen molar-refractivity contribution in [1.29, 1.82) is 0 Å². The average Bonchev–Trinajstić information content (AvgIpc) is 2.87. The van der Waals surface area contributed by atoms with E-state index in [1.54, 1.807) is 18.5 Å². The fourth-order valence-electron chi connectivity index (χ4n) is 2.32. The predicted molar refractivity (Wildman–Crippen MR) is 69.7 cm³/mol. The Balaban J connectivity index is 1.94. The summed E-state index contributed by atoms with van der Waals surface area (Å²) in [6, 6.07) is 3.71. The number of nitrogens with one attached hydrogen (secondary N) is 1. The summed E-state index contributed by atoms with van der Waals surface area (Å²) in [4.78, 5) is 15.8. The summed E-state index contributed by atoms with van der Waals surface area (Å²) in [6.07, 6.45) is 10.4. The highest BCUT2D eigenvalue weighted by Crippen LogP contribution is 2.28. The van der Waals surface area contributed by atoms with Crippen molar-refractivity contribution in [2.75, 3.05) is 6.61 Å². The minimum absolute atomic E-state index is 0.0134. The molecule has 1 aromatic rings. The lowest BCUT2D eigenvalue weighted by Crippen LogP contribution is -2.48. The summed E-state index contributed by atoms with van der Waals surface area (Å²) < 4.78 is 0. The van der Waals surface area contributed by atoms with Gasteiger partial charge in [0.05, 0.1) is 12.1 Å². The molecule has 1 saturated carbocycles. The second-order valence-corrected chi connectivity index (χ2v) is 4.75. The Hall–Kier alpha value is -1.68. The molecule has 0 bridgehead atoms. The zero-order valence-electron chi connectivity index (χ0n) is 10.3. The minimum Gasteiger partial charge on any atom is -0.394 e. The second-order valence-electron chi connectivity index (χ2n) is 4.75. The van der Waals surface area contributed by atoms with Crippen LogP contribution in [0.3, 0.4) is 0 Å². The molecule has 4 nitrogen and oxygen atoms in total. The largest absolute Gasteiger partial charge is 0.394 e. The fourth-order valence-corrected chi connectivity index (χ4v) is 2.32. The first kappa shape index (κ1) is 12.8. The molecule has 18 heavy (non-hydrogen) atoms. The van der Waals surface area contributed by atoms with Gasteiger partial charge in [0.2, 0.25) is 5.91 Å². The number of amides is 1. The second kappa shape index (κ2) is 5.78. The Morgan fingerprint density at radius 2 is 2.28 bits per heavy atom. The summed E-state index contributed by atoms with van der Waals surface area (Å²) in [5.74, 6) is -0.158. The summed E-state index contributed by atoms with van der Waals surface area (Å²) >= 11 is 0. The standard InChI is InChI=1S/C14H18N2O2/c17-11-14(7-1-2-8-14)16-13(18)6-5-12-4-3-9-15-10-12/h3-6,9-10,17H,1-2,7-8,11H2,(H,16,18). The number of carbonyl (C=O) groups is 1. The van der Waals surface area contributed by atoms with Crippen molar-refractivity contribution in [2.24, 2.45) is 0 Å². The average molecular weight is 246 g/mol. The summed E-state index contributed by atoms with van der Waals surface area (Å²) in [6.45, 7) is 0.0134. The molecule has 0 aromatic carbocycles. The lowest BCUT2D eigenvalue weighted by Gasteiger charge is -2.27. The van der Waals surface area contributed by atoms with E-state index in [0.29, 0.717) is 0 Å². The van der Waals surface area contributed by atoms with Gasteiger partial charge in [-0.15, -0.1) is 0 Å². The van der Waals surface area contributed by atoms with Gasteiger partial charge in [0.15, 0.2) is 0 Å². The van der Waals surface area contributed by atoms with E-state index in [2.05, 4.69) is 10.3 Å². The van der Waals surface area contributed by atoms with Crippen LogP contribution < -0.4 is 5.32 Å². The molecule has 1 aromatic heterocycles. The molecule has 0 atom stereocenters. The highest BCUT2D eigenvalue weighted by atomic mass is 16.3. The number of aliphatic hydroxyl groups is 1.